The number of hydrogen-bond donors (Lipinski definition) is 1. The van der Waals surface area contributed by atoms with Crippen LogP contribution in [0.15, 0.2) is 36.4 Å². The van der Waals surface area contributed by atoms with E-state index in [-0.39, 0.29) is 6.04 Å². The standard InChI is InChI=1S/C16H15Cl2NO2/c17-14-2-1-3-15(18)13(14)9-20-12-5-4-10-6-11(19)8-21-16(10)7-12/h1-5,7,11H,6,8-9,19H2. The number of hydrogen-bond acceptors (Lipinski definition) is 3. The Bertz CT molecular complexity index is 640. The highest BCUT2D eigenvalue weighted by Crippen LogP contribution is 2.30. The highest BCUT2D eigenvalue weighted by atomic mass is 35.5. The van der Waals surface area contributed by atoms with E-state index in [1.165, 1.54) is 0 Å². The van der Waals surface area contributed by atoms with Gasteiger partial charge < -0.3 is 15.2 Å². The maximum atomic E-state index is 6.12. The van der Waals surface area contributed by atoms with Crippen molar-refractivity contribution in [2.45, 2.75) is 19.1 Å². The van der Waals surface area contributed by atoms with Crippen LogP contribution in [0.5, 0.6) is 11.5 Å². The molecule has 21 heavy (non-hydrogen) atoms. The van der Waals surface area contributed by atoms with E-state index >= 15 is 0 Å². The predicted molar refractivity (Wildman–Crippen MR) is 84.4 cm³/mol. The van der Waals surface area contributed by atoms with Crippen molar-refractivity contribution in [2.75, 3.05) is 6.61 Å². The SMILES string of the molecule is NC1COc2cc(OCc3c(Cl)cccc3Cl)ccc2C1. The molecule has 1 atom stereocenters. The summed E-state index contributed by atoms with van der Waals surface area (Å²) in [6, 6.07) is 11.2. The van der Waals surface area contributed by atoms with Gasteiger partial charge in [0, 0.05) is 27.7 Å². The van der Waals surface area contributed by atoms with Gasteiger partial charge in [-0.25, -0.2) is 0 Å². The smallest absolute Gasteiger partial charge is 0.126 e. The fraction of sp³-hybridized carbons (Fsp3) is 0.250. The van der Waals surface area contributed by atoms with Crippen LogP contribution in [0, 0.1) is 0 Å². The molecular formula is C16H15Cl2NO2. The van der Waals surface area contributed by atoms with Gasteiger partial charge in [0.25, 0.3) is 0 Å². The van der Waals surface area contributed by atoms with Crippen molar-refractivity contribution >= 4 is 23.2 Å². The fourth-order valence-corrected chi connectivity index (χ4v) is 2.80. The third-order valence-corrected chi connectivity index (χ3v) is 4.13. The van der Waals surface area contributed by atoms with Gasteiger partial charge in [0.15, 0.2) is 0 Å². The van der Waals surface area contributed by atoms with Crippen LogP contribution in [-0.2, 0) is 13.0 Å². The average molecular weight is 324 g/mol. The van der Waals surface area contributed by atoms with Crippen molar-refractivity contribution in [3.05, 3.63) is 57.6 Å². The van der Waals surface area contributed by atoms with E-state index in [1.807, 2.05) is 24.3 Å². The zero-order valence-electron chi connectivity index (χ0n) is 11.3. The van der Waals surface area contributed by atoms with Crippen LogP contribution < -0.4 is 15.2 Å². The van der Waals surface area contributed by atoms with Gasteiger partial charge in [0.1, 0.15) is 24.7 Å². The molecule has 0 saturated heterocycles. The Labute approximate surface area is 133 Å². The minimum Gasteiger partial charge on any atom is -0.492 e. The molecule has 1 heterocycles. The first-order chi connectivity index (χ1) is 10.1. The van der Waals surface area contributed by atoms with Crippen molar-refractivity contribution in [3.63, 3.8) is 0 Å². The van der Waals surface area contributed by atoms with Gasteiger partial charge in [0.05, 0.1) is 0 Å². The van der Waals surface area contributed by atoms with Crippen molar-refractivity contribution in [2.24, 2.45) is 5.73 Å². The third-order valence-electron chi connectivity index (χ3n) is 3.42. The molecule has 1 aliphatic heterocycles. The molecule has 0 saturated carbocycles. The molecule has 0 spiro atoms. The van der Waals surface area contributed by atoms with E-state index in [0.29, 0.717) is 23.3 Å². The summed E-state index contributed by atoms with van der Waals surface area (Å²) in [5.74, 6) is 1.56. The molecule has 3 rings (SSSR count). The molecule has 2 aromatic rings. The van der Waals surface area contributed by atoms with Crippen molar-refractivity contribution in [3.8, 4) is 11.5 Å². The summed E-state index contributed by atoms with van der Waals surface area (Å²) in [6.07, 6.45) is 0.825. The summed E-state index contributed by atoms with van der Waals surface area (Å²) in [5, 5.41) is 1.20. The Hall–Kier alpha value is -1.42. The van der Waals surface area contributed by atoms with Crippen LogP contribution in [0.3, 0.4) is 0 Å². The first-order valence-corrected chi connectivity index (χ1v) is 7.46. The number of fused-ring (bicyclic) bond motifs is 1. The van der Waals surface area contributed by atoms with Crippen LogP contribution in [0.4, 0.5) is 0 Å². The largest absolute Gasteiger partial charge is 0.492 e. The van der Waals surface area contributed by atoms with Crippen molar-refractivity contribution in [1.29, 1.82) is 0 Å². The lowest BCUT2D eigenvalue weighted by Crippen LogP contribution is -2.33. The Morgan fingerprint density at radius 2 is 1.95 bits per heavy atom. The Morgan fingerprint density at radius 3 is 2.71 bits per heavy atom. The topological polar surface area (TPSA) is 44.5 Å². The van der Waals surface area contributed by atoms with Crippen LogP contribution in [-0.4, -0.2) is 12.6 Å². The van der Waals surface area contributed by atoms with Crippen LogP contribution in [0.2, 0.25) is 10.0 Å². The monoisotopic (exact) mass is 323 g/mol. The van der Waals surface area contributed by atoms with E-state index in [0.717, 1.165) is 29.0 Å². The number of rotatable bonds is 3. The zero-order chi connectivity index (χ0) is 14.8. The highest BCUT2D eigenvalue weighted by Gasteiger charge is 2.17. The molecule has 3 nitrogen and oxygen atoms in total. The van der Waals surface area contributed by atoms with E-state index in [4.69, 9.17) is 38.4 Å². The second-order valence-electron chi connectivity index (χ2n) is 5.03. The lowest BCUT2D eigenvalue weighted by molar-refractivity contribution is 0.258. The molecule has 0 aliphatic carbocycles. The van der Waals surface area contributed by atoms with Crippen LogP contribution in [0.25, 0.3) is 0 Å². The molecular weight excluding hydrogens is 309 g/mol. The minimum atomic E-state index is 0.0613. The van der Waals surface area contributed by atoms with E-state index in [2.05, 4.69) is 0 Å². The zero-order valence-corrected chi connectivity index (χ0v) is 12.8. The molecule has 1 aliphatic rings. The minimum absolute atomic E-state index is 0.0613. The fourth-order valence-electron chi connectivity index (χ4n) is 2.29. The summed E-state index contributed by atoms with van der Waals surface area (Å²) in [5.41, 5.74) is 7.76. The molecule has 2 aromatic carbocycles. The lowest BCUT2D eigenvalue weighted by Gasteiger charge is -2.23. The Kier molecular flexibility index (Phi) is 4.24. The van der Waals surface area contributed by atoms with Crippen molar-refractivity contribution in [1.82, 2.24) is 0 Å². The van der Waals surface area contributed by atoms with Crippen molar-refractivity contribution < 1.29 is 9.47 Å². The van der Waals surface area contributed by atoms with Gasteiger partial charge in [-0.2, -0.15) is 0 Å². The maximum absolute atomic E-state index is 6.12. The van der Waals surface area contributed by atoms with Crippen LogP contribution in [0.1, 0.15) is 11.1 Å². The predicted octanol–water partition coefficient (Wildman–Crippen LogP) is 3.83. The number of halogens is 2. The second-order valence-corrected chi connectivity index (χ2v) is 5.85. The molecule has 0 radical (unpaired) electrons. The maximum Gasteiger partial charge on any atom is 0.126 e. The second kappa shape index (κ2) is 6.14. The number of benzene rings is 2. The molecule has 0 aromatic heterocycles. The summed E-state index contributed by atoms with van der Waals surface area (Å²) in [6.45, 7) is 0.851. The number of ether oxygens (including phenoxy) is 2. The average Bonchev–Trinajstić information content (AvgIpc) is 2.47. The third kappa shape index (κ3) is 3.26. The summed E-state index contributed by atoms with van der Waals surface area (Å²) >= 11 is 12.2. The van der Waals surface area contributed by atoms with Gasteiger partial charge >= 0.3 is 0 Å². The molecule has 1 unspecified atom stereocenters. The first kappa shape index (κ1) is 14.5. The molecule has 5 heteroatoms. The van der Waals surface area contributed by atoms with Crippen LogP contribution >= 0.6 is 23.2 Å². The van der Waals surface area contributed by atoms with E-state index in [1.54, 1.807) is 12.1 Å². The molecule has 2 N–H and O–H groups in total. The number of nitrogens with two attached hydrogens (primary N) is 1. The van der Waals surface area contributed by atoms with E-state index < -0.39 is 0 Å². The normalized spacial score (nSPS) is 17.0. The summed E-state index contributed by atoms with van der Waals surface area (Å²) < 4.78 is 11.4. The molecule has 110 valence electrons. The molecule has 0 bridgehead atoms. The summed E-state index contributed by atoms with van der Waals surface area (Å²) in [7, 11) is 0. The highest BCUT2D eigenvalue weighted by molar-refractivity contribution is 6.35. The van der Waals surface area contributed by atoms with Gasteiger partial charge in [0.2, 0.25) is 0 Å². The molecule has 0 fully saturated rings. The Morgan fingerprint density at radius 1 is 1.19 bits per heavy atom. The van der Waals surface area contributed by atoms with Gasteiger partial charge in [-0.1, -0.05) is 35.3 Å². The van der Waals surface area contributed by atoms with Gasteiger partial charge in [-0.3, -0.25) is 0 Å². The van der Waals surface area contributed by atoms with Gasteiger partial charge in [-0.05, 0) is 30.2 Å². The first-order valence-electron chi connectivity index (χ1n) is 6.70. The Balaban J connectivity index is 1.74. The lowest BCUT2D eigenvalue weighted by atomic mass is 10.0. The summed E-state index contributed by atoms with van der Waals surface area (Å²) in [4.78, 5) is 0. The van der Waals surface area contributed by atoms with Gasteiger partial charge in [-0.15, -0.1) is 0 Å². The quantitative estimate of drug-likeness (QED) is 0.933. The van der Waals surface area contributed by atoms with E-state index in [9.17, 15) is 0 Å². The molecule has 0 amide bonds.